The molecule has 0 radical (unpaired) electrons. The Labute approximate surface area is 106 Å². The largest absolute Gasteiger partial charge is 0.481 e. The van der Waals surface area contributed by atoms with Crippen LogP contribution in [-0.4, -0.2) is 40.8 Å². The highest BCUT2D eigenvalue weighted by Gasteiger charge is 2.24. The summed E-state index contributed by atoms with van der Waals surface area (Å²) in [5, 5.41) is 21.9. The van der Waals surface area contributed by atoms with Gasteiger partial charge in [-0.3, -0.25) is 4.79 Å². The molecule has 0 heterocycles. The molecule has 18 heavy (non-hydrogen) atoms. The van der Waals surface area contributed by atoms with Gasteiger partial charge in [0.1, 0.15) is 6.04 Å². The molecule has 0 aliphatic heterocycles. The average molecular weight is 260 g/mol. The molecule has 0 saturated carbocycles. The lowest BCUT2D eigenvalue weighted by Gasteiger charge is -2.23. The van der Waals surface area contributed by atoms with Crippen LogP contribution in [0, 0.1) is 5.41 Å². The smallest absolute Gasteiger partial charge is 0.326 e. The molecule has 0 aliphatic rings. The number of carboxylic acids is 2. The second-order valence-electron chi connectivity index (χ2n) is 4.83. The number of carbonyl (C=O) groups is 3. The molecule has 4 N–H and O–H groups in total. The van der Waals surface area contributed by atoms with E-state index in [1.807, 2.05) is 20.8 Å². The van der Waals surface area contributed by atoms with Crippen LogP contribution < -0.4 is 10.6 Å². The van der Waals surface area contributed by atoms with Gasteiger partial charge in [-0.1, -0.05) is 20.8 Å². The van der Waals surface area contributed by atoms with E-state index in [4.69, 9.17) is 10.2 Å². The van der Waals surface area contributed by atoms with E-state index < -0.39 is 30.4 Å². The summed E-state index contributed by atoms with van der Waals surface area (Å²) in [7, 11) is 0. The van der Waals surface area contributed by atoms with Crippen LogP contribution in [0.3, 0.4) is 0 Å². The van der Waals surface area contributed by atoms with Crippen molar-refractivity contribution in [2.45, 2.75) is 39.7 Å². The summed E-state index contributed by atoms with van der Waals surface area (Å²) in [6.07, 6.45) is 0.199. The Balaban J connectivity index is 4.27. The summed E-state index contributed by atoms with van der Waals surface area (Å²) >= 11 is 0. The molecule has 0 rings (SSSR count). The van der Waals surface area contributed by atoms with Crippen molar-refractivity contribution in [3.63, 3.8) is 0 Å². The van der Waals surface area contributed by atoms with E-state index in [1.165, 1.54) is 0 Å². The summed E-state index contributed by atoms with van der Waals surface area (Å²) < 4.78 is 0. The van der Waals surface area contributed by atoms with Crippen LogP contribution >= 0.6 is 0 Å². The predicted octanol–water partition coefficient (Wildman–Crippen LogP) is 0.650. The monoisotopic (exact) mass is 260 g/mol. The van der Waals surface area contributed by atoms with E-state index in [0.717, 1.165) is 6.42 Å². The molecule has 0 aromatic carbocycles. The quantitative estimate of drug-likeness (QED) is 0.536. The van der Waals surface area contributed by atoms with Crippen molar-refractivity contribution in [1.29, 1.82) is 0 Å². The first-order chi connectivity index (χ1) is 8.18. The van der Waals surface area contributed by atoms with Crippen LogP contribution in [0.5, 0.6) is 0 Å². The second-order valence-corrected chi connectivity index (χ2v) is 4.83. The molecular formula is C11H20N2O5. The van der Waals surface area contributed by atoms with Gasteiger partial charge in [0.25, 0.3) is 0 Å². The fraction of sp³-hybridized carbons (Fsp3) is 0.727. The fourth-order valence-corrected chi connectivity index (χ4v) is 1.03. The van der Waals surface area contributed by atoms with Crippen LogP contribution in [0.15, 0.2) is 0 Å². The summed E-state index contributed by atoms with van der Waals surface area (Å²) in [6, 6.07) is -2.10. The first-order valence-corrected chi connectivity index (χ1v) is 5.67. The molecule has 0 spiro atoms. The first-order valence-electron chi connectivity index (χ1n) is 5.67. The minimum atomic E-state index is -1.42. The summed E-state index contributed by atoms with van der Waals surface area (Å²) in [5.74, 6) is -2.65. The third-order valence-electron chi connectivity index (χ3n) is 2.67. The maximum absolute atomic E-state index is 11.4. The molecule has 0 fully saturated rings. The van der Waals surface area contributed by atoms with Crippen LogP contribution in [0.2, 0.25) is 0 Å². The van der Waals surface area contributed by atoms with Crippen molar-refractivity contribution in [2.24, 2.45) is 5.41 Å². The van der Waals surface area contributed by atoms with Gasteiger partial charge in [-0.15, -0.1) is 0 Å². The van der Waals surface area contributed by atoms with E-state index in [1.54, 1.807) is 0 Å². The zero-order chi connectivity index (χ0) is 14.3. The number of amides is 2. The maximum atomic E-state index is 11.4. The summed E-state index contributed by atoms with van der Waals surface area (Å²) in [6.45, 7) is 6.28. The van der Waals surface area contributed by atoms with Crippen LogP contribution in [0.25, 0.3) is 0 Å². The normalized spacial score (nSPS) is 12.6. The fourth-order valence-electron chi connectivity index (χ4n) is 1.03. The third-order valence-corrected chi connectivity index (χ3v) is 2.67. The highest BCUT2D eigenvalue weighted by molar-refractivity contribution is 5.86. The number of aliphatic carboxylic acids is 2. The van der Waals surface area contributed by atoms with Gasteiger partial charge >= 0.3 is 18.0 Å². The molecule has 7 heteroatoms. The zero-order valence-electron chi connectivity index (χ0n) is 10.8. The minimum Gasteiger partial charge on any atom is -0.481 e. The van der Waals surface area contributed by atoms with E-state index >= 15 is 0 Å². The topological polar surface area (TPSA) is 116 Å². The summed E-state index contributed by atoms with van der Waals surface area (Å²) in [5.41, 5.74) is -0.0944. The van der Waals surface area contributed by atoms with Gasteiger partial charge < -0.3 is 20.8 Å². The molecule has 7 nitrogen and oxygen atoms in total. The van der Waals surface area contributed by atoms with Gasteiger partial charge in [-0.2, -0.15) is 0 Å². The molecule has 2 amide bonds. The molecule has 0 unspecified atom stereocenters. The van der Waals surface area contributed by atoms with Crippen molar-refractivity contribution >= 4 is 18.0 Å². The lowest BCUT2D eigenvalue weighted by Crippen LogP contribution is -2.48. The van der Waals surface area contributed by atoms with Gasteiger partial charge in [0, 0.05) is 6.54 Å². The lowest BCUT2D eigenvalue weighted by atomic mass is 9.90. The highest BCUT2D eigenvalue weighted by atomic mass is 16.4. The van der Waals surface area contributed by atoms with Crippen molar-refractivity contribution < 1.29 is 24.6 Å². The summed E-state index contributed by atoms with van der Waals surface area (Å²) in [4.78, 5) is 32.6. The Morgan fingerprint density at radius 2 is 1.78 bits per heavy atom. The van der Waals surface area contributed by atoms with E-state index in [0.29, 0.717) is 6.54 Å². The van der Waals surface area contributed by atoms with Gasteiger partial charge in [0.15, 0.2) is 0 Å². The zero-order valence-corrected chi connectivity index (χ0v) is 10.8. The van der Waals surface area contributed by atoms with Crippen LogP contribution in [0.1, 0.15) is 33.6 Å². The first kappa shape index (κ1) is 16.2. The Bertz CT molecular complexity index is 327. The molecule has 104 valence electrons. The molecular weight excluding hydrogens is 240 g/mol. The maximum Gasteiger partial charge on any atom is 0.326 e. The molecule has 0 saturated heterocycles. The van der Waals surface area contributed by atoms with Gasteiger partial charge in [0.2, 0.25) is 0 Å². The molecule has 0 aromatic heterocycles. The van der Waals surface area contributed by atoms with Crippen molar-refractivity contribution in [3.8, 4) is 0 Å². The minimum absolute atomic E-state index is 0.0944. The number of nitrogens with one attached hydrogen (secondary N) is 2. The number of hydrogen-bond acceptors (Lipinski definition) is 3. The highest BCUT2D eigenvalue weighted by Crippen LogP contribution is 2.17. The number of carboxylic acid groups (broad SMARTS) is 2. The lowest BCUT2D eigenvalue weighted by molar-refractivity contribution is -0.145. The van der Waals surface area contributed by atoms with Crippen molar-refractivity contribution in [2.75, 3.05) is 6.54 Å². The number of hydrogen-bond donors (Lipinski definition) is 4. The van der Waals surface area contributed by atoms with Crippen LogP contribution in [0.4, 0.5) is 4.79 Å². The average Bonchev–Trinajstić information content (AvgIpc) is 2.25. The molecule has 0 bridgehead atoms. The predicted molar refractivity (Wildman–Crippen MR) is 64.3 cm³/mol. The SMILES string of the molecule is CCC(C)(C)CNC(=O)N[C@H](CC(=O)O)C(=O)O. The number of carbonyl (C=O) groups excluding carboxylic acids is 1. The Morgan fingerprint density at radius 3 is 2.17 bits per heavy atom. The van der Waals surface area contributed by atoms with Crippen molar-refractivity contribution in [3.05, 3.63) is 0 Å². The Kier molecular flexibility index (Phi) is 6.15. The third kappa shape index (κ3) is 6.72. The Morgan fingerprint density at radius 1 is 1.22 bits per heavy atom. The Hall–Kier alpha value is -1.79. The van der Waals surface area contributed by atoms with E-state index in [2.05, 4.69) is 10.6 Å². The molecule has 1 atom stereocenters. The second kappa shape index (κ2) is 6.83. The van der Waals surface area contributed by atoms with Gasteiger partial charge in [0.05, 0.1) is 6.42 Å². The van der Waals surface area contributed by atoms with E-state index in [-0.39, 0.29) is 5.41 Å². The van der Waals surface area contributed by atoms with E-state index in [9.17, 15) is 14.4 Å². The van der Waals surface area contributed by atoms with Crippen molar-refractivity contribution in [1.82, 2.24) is 10.6 Å². The molecule has 0 aliphatic carbocycles. The number of rotatable bonds is 7. The van der Waals surface area contributed by atoms with Gasteiger partial charge in [-0.05, 0) is 11.8 Å². The van der Waals surface area contributed by atoms with Crippen LogP contribution in [-0.2, 0) is 9.59 Å². The standard InChI is InChI=1S/C11H20N2O5/c1-4-11(2,3)6-12-10(18)13-7(9(16)17)5-8(14)15/h7H,4-6H2,1-3H3,(H,14,15)(H,16,17)(H2,12,13,18)/t7-/m1/s1. The molecule has 0 aromatic rings. The van der Waals surface area contributed by atoms with Gasteiger partial charge in [-0.25, -0.2) is 9.59 Å². The number of urea groups is 1.